The standard InChI is InChI=1S/C19H32N4O2/c1-19(2,3)17-14(11-22(4)21-17)12-23-8-5-13(6-9-23)16-15(18(20)24)7-10-25-16/h11,13,15-16H,5-10,12H2,1-4H3,(H2,20,24)/t15-,16+/m0/s1. The van der Waals surface area contributed by atoms with Gasteiger partial charge in [0.05, 0.1) is 17.7 Å². The van der Waals surface area contributed by atoms with Crippen LogP contribution in [0, 0.1) is 11.8 Å². The molecular formula is C19H32N4O2. The van der Waals surface area contributed by atoms with Crippen LogP contribution in [0.3, 0.4) is 0 Å². The Balaban J connectivity index is 1.59. The monoisotopic (exact) mass is 348 g/mol. The number of primary amides is 1. The molecule has 0 bridgehead atoms. The van der Waals surface area contributed by atoms with E-state index in [2.05, 4.69) is 37.0 Å². The number of nitrogens with zero attached hydrogens (tertiary/aromatic N) is 3. The molecule has 25 heavy (non-hydrogen) atoms. The number of amides is 1. The molecule has 0 radical (unpaired) electrons. The number of carbonyl (C=O) groups excluding carboxylic acids is 1. The molecule has 0 unspecified atom stereocenters. The summed E-state index contributed by atoms with van der Waals surface area (Å²) in [4.78, 5) is 14.1. The molecule has 3 rings (SSSR count). The maximum Gasteiger partial charge on any atom is 0.223 e. The molecule has 0 spiro atoms. The third-order valence-electron chi connectivity index (χ3n) is 5.61. The van der Waals surface area contributed by atoms with Gasteiger partial charge in [-0.25, -0.2) is 0 Å². The number of hydrogen-bond donors (Lipinski definition) is 1. The highest BCUT2D eigenvalue weighted by atomic mass is 16.5. The molecule has 140 valence electrons. The smallest absolute Gasteiger partial charge is 0.223 e. The Morgan fingerprint density at radius 1 is 1.32 bits per heavy atom. The van der Waals surface area contributed by atoms with Crippen molar-refractivity contribution in [3.63, 3.8) is 0 Å². The van der Waals surface area contributed by atoms with Crippen LogP contribution < -0.4 is 5.73 Å². The lowest BCUT2D eigenvalue weighted by molar-refractivity contribution is -0.124. The SMILES string of the molecule is Cn1cc(CN2CCC([C@H]3OCC[C@@H]3C(N)=O)CC2)c(C(C)(C)C)n1. The third kappa shape index (κ3) is 4.06. The van der Waals surface area contributed by atoms with Gasteiger partial charge in [-0.05, 0) is 38.3 Å². The quantitative estimate of drug-likeness (QED) is 0.901. The Labute approximate surface area is 150 Å². The number of carbonyl (C=O) groups is 1. The van der Waals surface area contributed by atoms with Gasteiger partial charge in [0, 0.05) is 37.4 Å². The second-order valence-corrected chi connectivity index (χ2v) is 8.67. The Hall–Kier alpha value is -1.40. The summed E-state index contributed by atoms with van der Waals surface area (Å²) in [6.07, 6.45) is 5.10. The first-order valence-electron chi connectivity index (χ1n) is 9.42. The average Bonchev–Trinajstić information content (AvgIpc) is 3.14. The molecule has 1 aromatic heterocycles. The van der Waals surface area contributed by atoms with Crippen LogP contribution in [0.5, 0.6) is 0 Å². The summed E-state index contributed by atoms with van der Waals surface area (Å²) in [5, 5.41) is 4.67. The van der Waals surface area contributed by atoms with E-state index in [-0.39, 0.29) is 23.3 Å². The van der Waals surface area contributed by atoms with E-state index in [0.717, 1.165) is 38.9 Å². The van der Waals surface area contributed by atoms with Gasteiger partial charge in [-0.1, -0.05) is 20.8 Å². The zero-order chi connectivity index (χ0) is 18.2. The summed E-state index contributed by atoms with van der Waals surface area (Å²) < 4.78 is 7.78. The summed E-state index contributed by atoms with van der Waals surface area (Å²) >= 11 is 0. The normalized spacial score (nSPS) is 26.2. The highest BCUT2D eigenvalue weighted by molar-refractivity contribution is 5.77. The van der Waals surface area contributed by atoms with Crippen LogP contribution in [0.1, 0.15) is 51.3 Å². The lowest BCUT2D eigenvalue weighted by Gasteiger charge is -2.36. The van der Waals surface area contributed by atoms with Crippen molar-refractivity contribution in [1.29, 1.82) is 0 Å². The molecule has 6 heteroatoms. The van der Waals surface area contributed by atoms with Crippen molar-refractivity contribution in [2.75, 3.05) is 19.7 Å². The second kappa shape index (κ2) is 7.08. The zero-order valence-electron chi connectivity index (χ0n) is 16.0. The van der Waals surface area contributed by atoms with Gasteiger partial charge in [-0.15, -0.1) is 0 Å². The molecule has 2 saturated heterocycles. The fourth-order valence-corrected chi connectivity index (χ4v) is 4.35. The van der Waals surface area contributed by atoms with Crippen LogP contribution in [0.15, 0.2) is 6.20 Å². The highest BCUT2D eigenvalue weighted by Gasteiger charge is 2.39. The van der Waals surface area contributed by atoms with Gasteiger partial charge in [0.25, 0.3) is 0 Å². The molecule has 2 aliphatic rings. The summed E-state index contributed by atoms with van der Waals surface area (Å²) in [6, 6.07) is 0. The minimum Gasteiger partial charge on any atom is -0.377 e. The maximum absolute atomic E-state index is 11.6. The van der Waals surface area contributed by atoms with Crippen molar-refractivity contribution in [1.82, 2.24) is 14.7 Å². The van der Waals surface area contributed by atoms with Gasteiger partial charge in [0.1, 0.15) is 0 Å². The van der Waals surface area contributed by atoms with E-state index in [1.54, 1.807) is 0 Å². The van der Waals surface area contributed by atoms with Crippen molar-refractivity contribution in [2.45, 2.75) is 58.1 Å². The predicted octanol–water partition coefficient (Wildman–Crippen LogP) is 1.82. The number of likely N-dealkylation sites (tertiary alicyclic amines) is 1. The molecule has 3 heterocycles. The summed E-state index contributed by atoms with van der Waals surface area (Å²) in [6.45, 7) is 10.3. The van der Waals surface area contributed by atoms with E-state index in [4.69, 9.17) is 10.5 Å². The summed E-state index contributed by atoms with van der Waals surface area (Å²) in [5.41, 5.74) is 8.11. The molecule has 1 aromatic rings. The first-order chi connectivity index (χ1) is 11.8. The number of hydrogen-bond acceptors (Lipinski definition) is 4. The molecule has 0 saturated carbocycles. The predicted molar refractivity (Wildman–Crippen MR) is 97.0 cm³/mol. The molecule has 0 aromatic carbocycles. The van der Waals surface area contributed by atoms with Gasteiger partial charge in [0.2, 0.25) is 5.91 Å². The highest BCUT2D eigenvalue weighted by Crippen LogP contribution is 2.34. The molecular weight excluding hydrogens is 316 g/mol. The van der Waals surface area contributed by atoms with Crippen molar-refractivity contribution in [3.8, 4) is 0 Å². The van der Waals surface area contributed by atoms with Crippen molar-refractivity contribution < 1.29 is 9.53 Å². The Morgan fingerprint density at radius 2 is 2.00 bits per heavy atom. The van der Waals surface area contributed by atoms with Gasteiger partial charge >= 0.3 is 0 Å². The minimum atomic E-state index is -0.199. The molecule has 6 nitrogen and oxygen atoms in total. The second-order valence-electron chi connectivity index (χ2n) is 8.67. The number of aryl methyl sites for hydroxylation is 1. The van der Waals surface area contributed by atoms with E-state index >= 15 is 0 Å². The minimum absolute atomic E-state index is 0.0307. The fraction of sp³-hybridized carbons (Fsp3) is 0.789. The average molecular weight is 348 g/mol. The van der Waals surface area contributed by atoms with E-state index in [1.165, 1.54) is 11.3 Å². The van der Waals surface area contributed by atoms with Crippen LogP contribution in [-0.2, 0) is 28.5 Å². The van der Waals surface area contributed by atoms with E-state index in [1.807, 2.05) is 11.7 Å². The molecule has 2 atom stereocenters. The van der Waals surface area contributed by atoms with Crippen molar-refractivity contribution >= 4 is 5.91 Å². The number of piperidine rings is 1. The Morgan fingerprint density at radius 3 is 2.60 bits per heavy atom. The number of aromatic nitrogens is 2. The van der Waals surface area contributed by atoms with Crippen LogP contribution in [-0.4, -0.2) is 46.4 Å². The third-order valence-corrected chi connectivity index (χ3v) is 5.61. The van der Waals surface area contributed by atoms with Crippen LogP contribution in [0.25, 0.3) is 0 Å². The van der Waals surface area contributed by atoms with Gasteiger partial charge < -0.3 is 10.5 Å². The maximum atomic E-state index is 11.6. The Bertz CT molecular complexity index is 611. The molecule has 0 aliphatic carbocycles. The van der Waals surface area contributed by atoms with Crippen LogP contribution >= 0.6 is 0 Å². The fourth-order valence-electron chi connectivity index (χ4n) is 4.35. The molecule has 2 fully saturated rings. The first kappa shape index (κ1) is 18.4. The molecule has 1 amide bonds. The van der Waals surface area contributed by atoms with Gasteiger partial charge in [-0.2, -0.15) is 5.10 Å². The van der Waals surface area contributed by atoms with Crippen molar-refractivity contribution in [3.05, 3.63) is 17.5 Å². The van der Waals surface area contributed by atoms with E-state index in [9.17, 15) is 4.79 Å². The largest absolute Gasteiger partial charge is 0.377 e. The number of rotatable bonds is 4. The van der Waals surface area contributed by atoms with Crippen LogP contribution in [0.4, 0.5) is 0 Å². The number of ether oxygens (including phenoxy) is 1. The van der Waals surface area contributed by atoms with Crippen molar-refractivity contribution in [2.24, 2.45) is 24.6 Å². The van der Waals surface area contributed by atoms with Gasteiger partial charge in [0.15, 0.2) is 0 Å². The first-order valence-corrected chi connectivity index (χ1v) is 9.42. The van der Waals surface area contributed by atoms with Crippen LogP contribution in [0.2, 0.25) is 0 Å². The van der Waals surface area contributed by atoms with E-state index < -0.39 is 0 Å². The Kier molecular flexibility index (Phi) is 5.21. The summed E-state index contributed by atoms with van der Waals surface area (Å²) in [5.74, 6) is 0.157. The lowest BCUT2D eigenvalue weighted by Crippen LogP contribution is -2.42. The number of nitrogens with two attached hydrogens (primary N) is 1. The van der Waals surface area contributed by atoms with Gasteiger partial charge in [-0.3, -0.25) is 14.4 Å². The van der Waals surface area contributed by atoms with E-state index in [0.29, 0.717) is 12.5 Å². The molecule has 2 N–H and O–H groups in total. The zero-order valence-corrected chi connectivity index (χ0v) is 16.0. The lowest BCUT2D eigenvalue weighted by atomic mass is 9.83. The molecule has 2 aliphatic heterocycles. The topological polar surface area (TPSA) is 73.4 Å². The summed E-state index contributed by atoms with van der Waals surface area (Å²) in [7, 11) is 1.99.